The first kappa shape index (κ1) is 52.8. The molecule has 372 valence electrons. The van der Waals surface area contributed by atoms with Crippen LogP contribution >= 0.6 is 0 Å². The topological polar surface area (TPSA) is 201 Å². The van der Waals surface area contributed by atoms with Crippen molar-refractivity contribution in [2.45, 2.75) is 115 Å². The quantitative estimate of drug-likeness (QED) is 0.0183. The van der Waals surface area contributed by atoms with Gasteiger partial charge in [-0.25, -0.2) is 4.79 Å². The lowest BCUT2D eigenvalue weighted by Gasteiger charge is -2.27. The van der Waals surface area contributed by atoms with Crippen LogP contribution in [0.3, 0.4) is 0 Å². The normalized spacial score (nSPS) is 16.9. The zero-order chi connectivity index (χ0) is 51.1. The lowest BCUT2D eigenvalue weighted by molar-refractivity contribution is -0.401. The first-order chi connectivity index (χ1) is 34.0. The molecule has 1 unspecified atom stereocenters. The fraction of sp³-hybridized carbons (Fsp3) is 0.393. The largest absolute Gasteiger partial charge is 0.508 e. The number of rotatable bonds is 23. The number of allylic oxidation sites excluding steroid dienone is 6. The highest BCUT2D eigenvalue weighted by molar-refractivity contribution is 6.04. The molecule has 0 spiro atoms. The molecule has 1 saturated heterocycles. The second kappa shape index (κ2) is 24.3. The van der Waals surface area contributed by atoms with Crippen molar-refractivity contribution in [3.8, 4) is 11.8 Å². The van der Waals surface area contributed by atoms with E-state index in [1.165, 1.54) is 40.7 Å². The molecule has 3 aliphatic heterocycles. The van der Waals surface area contributed by atoms with Crippen LogP contribution < -0.4 is 20.9 Å². The molecule has 3 aromatic carbocycles. The molecular formula is C56H66N7O8+. The number of para-hydroxylation sites is 2. The molecule has 3 aromatic rings. The number of phenols is 1. The van der Waals surface area contributed by atoms with E-state index in [2.05, 4.69) is 133 Å². The molecule has 3 aliphatic rings. The third-order valence-electron chi connectivity index (χ3n) is 13.2. The highest BCUT2D eigenvalue weighted by Gasteiger charge is 2.43. The van der Waals surface area contributed by atoms with Gasteiger partial charge in [-0.1, -0.05) is 87.0 Å². The Labute approximate surface area is 416 Å². The number of imide groups is 1. The zero-order valence-corrected chi connectivity index (χ0v) is 41.5. The minimum Gasteiger partial charge on any atom is -0.508 e. The number of fused-ring (bicyclic) bond motifs is 2. The number of carbonyl (C=O) groups excluding carboxylic acids is 6. The van der Waals surface area contributed by atoms with Crippen LogP contribution in [0.2, 0.25) is 0 Å². The van der Waals surface area contributed by atoms with Gasteiger partial charge >= 0.3 is 5.97 Å². The number of unbranched alkanes of at least 4 members (excludes halogenated alkanes) is 3. The van der Waals surface area contributed by atoms with E-state index in [-0.39, 0.29) is 60.3 Å². The van der Waals surface area contributed by atoms with Gasteiger partial charge in [0, 0.05) is 79.8 Å². The van der Waals surface area contributed by atoms with Gasteiger partial charge in [-0.05, 0) is 93.9 Å². The molecule has 1 fully saturated rings. The van der Waals surface area contributed by atoms with Crippen molar-refractivity contribution in [2.24, 2.45) is 0 Å². The summed E-state index contributed by atoms with van der Waals surface area (Å²) in [5.41, 5.74) is 7.22. The van der Waals surface area contributed by atoms with Gasteiger partial charge in [0.2, 0.25) is 17.5 Å². The highest BCUT2D eigenvalue weighted by atomic mass is 16.7. The Hall–Kier alpha value is -7.60. The fourth-order valence-electron chi connectivity index (χ4n) is 9.33. The number of nitrogens with zero attached hydrogens (tertiary/aromatic N) is 4. The molecule has 15 heteroatoms. The number of amides is 5. The van der Waals surface area contributed by atoms with Crippen LogP contribution in [-0.2, 0) is 44.4 Å². The maximum atomic E-state index is 13.4. The number of phenolic OH excluding ortho intramolecular Hbond substituents is 1. The van der Waals surface area contributed by atoms with Gasteiger partial charge in [-0.15, -0.1) is 5.06 Å². The number of nitrogens with one attached hydrogen (secondary N) is 3. The van der Waals surface area contributed by atoms with Crippen LogP contribution in [0.4, 0.5) is 11.4 Å². The van der Waals surface area contributed by atoms with Crippen molar-refractivity contribution < 1.29 is 43.3 Å². The van der Waals surface area contributed by atoms with Crippen LogP contribution in [0.5, 0.6) is 5.75 Å². The van der Waals surface area contributed by atoms with Crippen LogP contribution in [0.1, 0.15) is 115 Å². The third kappa shape index (κ3) is 13.4. The van der Waals surface area contributed by atoms with Gasteiger partial charge in [0.05, 0.1) is 5.41 Å². The number of hydroxylamine groups is 2. The Morgan fingerprint density at radius 1 is 0.803 bits per heavy atom. The van der Waals surface area contributed by atoms with Crippen LogP contribution in [0.15, 0.2) is 114 Å². The number of nitriles is 1. The molecule has 15 nitrogen and oxygen atoms in total. The summed E-state index contributed by atoms with van der Waals surface area (Å²) >= 11 is 0. The van der Waals surface area contributed by atoms with Crippen molar-refractivity contribution in [3.63, 3.8) is 0 Å². The van der Waals surface area contributed by atoms with Gasteiger partial charge in [0.15, 0.2) is 5.71 Å². The Morgan fingerprint density at radius 3 is 2.20 bits per heavy atom. The molecule has 5 amide bonds. The van der Waals surface area contributed by atoms with Crippen LogP contribution in [0.25, 0.3) is 6.08 Å². The van der Waals surface area contributed by atoms with Gasteiger partial charge in [0.25, 0.3) is 17.7 Å². The predicted molar refractivity (Wildman–Crippen MR) is 272 cm³/mol. The number of carbonyl (C=O) groups is 6. The Balaban J connectivity index is 0.980. The average molecular weight is 965 g/mol. The Morgan fingerprint density at radius 2 is 1.48 bits per heavy atom. The number of benzene rings is 3. The molecular weight excluding hydrogens is 899 g/mol. The molecule has 0 bridgehead atoms. The molecule has 4 N–H and O–H groups in total. The fourth-order valence-corrected chi connectivity index (χ4v) is 9.33. The number of aromatic hydroxyl groups is 1. The van der Waals surface area contributed by atoms with Gasteiger partial charge in [-0.3, -0.25) is 24.0 Å². The number of anilines is 1. The molecule has 0 saturated carbocycles. The number of hydrogen-bond donors (Lipinski definition) is 4. The van der Waals surface area contributed by atoms with Gasteiger partial charge in [0.1, 0.15) is 30.5 Å². The predicted octanol–water partition coefficient (Wildman–Crippen LogP) is 7.63. The van der Waals surface area contributed by atoms with E-state index in [9.17, 15) is 39.1 Å². The summed E-state index contributed by atoms with van der Waals surface area (Å²) in [5, 5.41) is 28.5. The maximum absolute atomic E-state index is 13.4. The van der Waals surface area contributed by atoms with Crippen molar-refractivity contribution in [2.75, 3.05) is 31.6 Å². The Bertz CT molecular complexity index is 2670. The van der Waals surface area contributed by atoms with Crippen molar-refractivity contribution in [1.82, 2.24) is 21.0 Å². The van der Waals surface area contributed by atoms with Crippen molar-refractivity contribution in [1.29, 1.82) is 5.26 Å². The summed E-state index contributed by atoms with van der Waals surface area (Å²) in [7, 11) is 2.11. The second-order valence-electron chi connectivity index (χ2n) is 19.1. The molecule has 3 heterocycles. The summed E-state index contributed by atoms with van der Waals surface area (Å²) in [4.78, 5) is 82.7. The summed E-state index contributed by atoms with van der Waals surface area (Å²) in [6.07, 6.45) is 15.6. The lowest BCUT2D eigenvalue weighted by atomic mass is 9.81. The molecule has 1 atom stereocenters. The molecule has 0 aromatic heterocycles. The van der Waals surface area contributed by atoms with Crippen LogP contribution in [0, 0.1) is 11.3 Å². The first-order valence-corrected chi connectivity index (χ1v) is 24.5. The standard InChI is InChI=1S/C56H65N7O8/c1-55(2)42-19-11-13-22-45(42)61(5)47(55)24-8-6-9-25-48-56(3,4)43-20-12-14-23-46(43)62(48)36-18-26-49(65)58-34-17-15-21-44(60-53(69)40(38-57)37-39-28-30-41(64)31-29-39)54(70)59-35-16-7-10-27-52(68)71-63-50(66)32-33-51(63)67/h6,8-9,11-14,19-20,22-25,28-31,37,44H,7,10,15-18,21,26-27,32-36H2,1-5H3,(H3-,58,59,60,64,65,69,70)/p+1. The van der Waals surface area contributed by atoms with Crippen molar-refractivity contribution >= 4 is 58.7 Å². The minimum absolute atomic E-state index is 0.0108. The zero-order valence-electron chi connectivity index (χ0n) is 41.5. The van der Waals surface area contributed by atoms with E-state index in [0.29, 0.717) is 68.7 Å². The smallest absolute Gasteiger partial charge is 0.333 e. The maximum Gasteiger partial charge on any atom is 0.333 e. The van der Waals surface area contributed by atoms with Crippen LogP contribution in [-0.4, -0.2) is 88.7 Å². The SMILES string of the molecule is C[N+]1=C(/C=C/C=C/C=C2/N(CCCC(=O)NCCCCC(NC(=O)/C(C#N)=C/c3ccc(O)cc3)C(=O)NCCCCCC(=O)ON3C(=O)CCC3=O)c3ccccc3C2(C)C)C(C)(C)c2ccccc21. The summed E-state index contributed by atoms with van der Waals surface area (Å²) in [6.45, 7) is 10.2. The van der Waals surface area contributed by atoms with E-state index in [1.54, 1.807) is 12.1 Å². The van der Waals surface area contributed by atoms with Gasteiger partial charge < -0.3 is 30.8 Å². The van der Waals surface area contributed by atoms with E-state index >= 15 is 0 Å². The second-order valence-corrected chi connectivity index (χ2v) is 19.1. The minimum atomic E-state index is -0.987. The van der Waals surface area contributed by atoms with E-state index in [0.717, 1.165) is 11.4 Å². The first-order valence-electron chi connectivity index (χ1n) is 24.5. The number of hydrogen-bond acceptors (Lipinski definition) is 10. The monoisotopic (exact) mass is 964 g/mol. The molecule has 0 radical (unpaired) electrons. The van der Waals surface area contributed by atoms with Crippen molar-refractivity contribution in [3.05, 3.63) is 131 Å². The molecule has 0 aliphatic carbocycles. The summed E-state index contributed by atoms with van der Waals surface area (Å²) in [5.74, 6) is -3.03. The average Bonchev–Trinajstić information content (AvgIpc) is 3.85. The lowest BCUT2D eigenvalue weighted by Crippen LogP contribution is -2.47. The van der Waals surface area contributed by atoms with E-state index in [4.69, 9.17) is 4.84 Å². The summed E-state index contributed by atoms with van der Waals surface area (Å²) < 4.78 is 2.26. The van der Waals surface area contributed by atoms with E-state index < -0.39 is 35.6 Å². The highest BCUT2D eigenvalue weighted by Crippen LogP contribution is 2.47. The van der Waals surface area contributed by atoms with E-state index in [1.807, 2.05) is 12.1 Å². The van der Waals surface area contributed by atoms with Gasteiger partial charge in [-0.2, -0.15) is 9.84 Å². The summed E-state index contributed by atoms with van der Waals surface area (Å²) in [6, 6.07) is 23.8. The molecule has 71 heavy (non-hydrogen) atoms. The molecule has 6 rings (SSSR count). The third-order valence-corrected chi connectivity index (χ3v) is 13.2. The Kier molecular flexibility index (Phi) is 18.1.